The number of nitrogens with one attached hydrogen (secondary N) is 1. The quantitative estimate of drug-likeness (QED) is 0.836. The summed E-state index contributed by atoms with van der Waals surface area (Å²) in [5, 5.41) is 3.42. The molecule has 82 valence electrons. The summed E-state index contributed by atoms with van der Waals surface area (Å²) >= 11 is 5.62. The summed E-state index contributed by atoms with van der Waals surface area (Å²) in [4.78, 5) is 20.6. The van der Waals surface area contributed by atoms with Gasteiger partial charge in [0, 0.05) is 27.1 Å². The molecule has 5 nitrogen and oxygen atoms in total. The Kier molecular flexibility index (Phi) is 4.30. The number of amides is 1. The molecule has 0 aliphatic carbocycles. The van der Waals surface area contributed by atoms with Gasteiger partial charge in [0.05, 0.1) is 17.4 Å². The minimum Gasteiger partial charge on any atom is -0.354 e. The fourth-order valence-electron chi connectivity index (χ4n) is 0.908. The van der Waals surface area contributed by atoms with E-state index in [1.54, 1.807) is 19.0 Å². The number of hydrogen-bond acceptors (Lipinski definition) is 4. The lowest BCUT2D eigenvalue weighted by Gasteiger charge is -2.10. The fraction of sp³-hybridized carbons (Fsp3) is 0.444. The van der Waals surface area contributed by atoms with Gasteiger partial charge >= 0.3 is 0 Å². The largest absolute Gasteiger partial charge is 0.354 e. The Hall–Kier alpha value is -1.36. The zero-order valence-corrected chi connectivity index (χ0v) is 9.45. The molecule has 0 aliphatic rings. The van der Waals surface area contributed by atoms with Crippen molar-refractivity contribution in [3.8, 4) is 0 Å². The standard InChI is InChI=1S/C9H13ClN4O/c1-14(2)8(15)3-4-11-9-12-5-7(10)6-13-9/h5-6H,3-4H2,1-2H3,(H,11,12,13). The first-order valence-electron chi connectivity index (χ1n) is 4.51. The van der Waals surface area contributed by atoms with Crippen LogP contribution in [0.4, 0.5) is 5.95 Å². The topological polar surface area (TPSA) is 58.1 Å². The Labute approximate surface area is 93.5 Å². The fourth-order valence-corrected chi connectivity index (χ4v) is 1.01. The molecule has 6 heteroatoms. The van der Waals surface area contributed by atoms with Gasteiger partial charge in [0.15, 0.2) is 0 Å². The molecule has 1 N–H and O–H groups in total. The van der Waals surface area contributed by atoms with Gasteiger partial charge < -0.3 is 10.2 Å². The lowest BCUT2D eigenvalue weighted by atomic mass is 10.4. The molecule has 15 heavy (non-hydrogen) atoms. The molecule has 1 aromatic rings. The van der Waals surface area contributed by atoms with Crippen LogP contribution in [0.1, 0.15) is 6.42 Å². The summed E-state index contributed by atoms with van der Waals surface area (Å²) in [6.45, 7) is 0.513. The monoisotopic (exact) mass is 228 g/mol. The van der Waals surface area contributed by atoms with Crippen molar-refractivity contribution in [2.24, 2.45) is 0 Å². The van der Waals surface area contributed by atoms with Crippen LogP contribution < -0.4 is 5.32 Å². The number of carbonyl (C=O) groups is 1. The number of aromatic nitrogens is 2. The van der Waals surface area contributed by atoms with Crippen molar-refractivity contribution in [1.82, 2.24) is 14.9 Å². The summed E-state index contributed by atoms with van der Waals surface area (Å²) in [5.41, 5.74) is 0. The molecule has 1 heterocycles. The molecule has 0 unspecified atom stereocenters. The zero-order chi connectivity index (χ0) is 11.3. The lowest BCUT2D eigenvalue weighted by molar-refractivity contribution is -0.128. The van der Waals surface area contributed by atoms with E-state index in [4.69, 9.17) is 11.6 Å². The van der Waals surface area contributed by atoms with E-state index in [2.05, 4.69) is 15.3 Å². The Morgan fingerprint density at radius 2 is 2.07 bits per heavy atom. The second-order valence-electron chi connectivity index (χ2n) is 3.19. The first-order valence-corrected chi connectivity index (χ1v) is 4.89. The molecular formula is C9H13ClN4O. The SMILES string of the molecule is CN(C)C(=O)CCNc1ncc(Cl)cn1. The smallest absolute Gasteiger partial charge is 0.223 e. The van der Waals surface area contributed by atoms with Crippen molar-refractivity contribution in [3.63, 3.8) is 0 Å². The lowest BCUT2D eigenvalue weighted by Crippen LogP contribution is -2.24. The van der Waals surface area contributed by atoms with Gasteiger partial charge in [0.1, 0.15) is 0 Å². The second kappa shape index (κ2) is 5.50. The number of carbonyl (C=O) groups excluding carboxylic acids is 1. The predicted molar refractivity (Wildman–Crippen MR) is 58.8 cm³/mol. The average Bonchev–Trinajstić information content (AvgIpc) is 2.20. The van der Waals surface area contributed by atoms with Crippen LogP contribution in [0.3, 0.4) is 0 Å². The highest BCUT2D eigenvalue weighted by Crippen LogP contribution is 2.05. The zero-order valence-electron chi connectivity index (χ0n) is 8.70. The summed E-state index contributed by atoms with van der Waals surface area (Å²) in [5.74, 6) is 0.544. The molecule has 1 rings (SSSR count). The van der Waals surface area contributed by atoms with E-state index in [-0.39, 0.29) is 5.91 Å². The van der Waals surface area contributed by atoms with Crippen LogP contribution in [-0.2, 0) is 4.79 Å². The third-order valence-corrected chi connectivity index (χ3v) is 1.94. The van der Waals surface area contributed by atoms with E-state index < -0.39 is 0 Å². The van der Waals surface area contributed by atoms with Crippen molar-refractivity contribution < 1.29 is 4.79 Å². The van der Waals surface area contributed by atoms with Crippen LogP contribution >= 0.6 is 11.6 Å². The van der Waals surface area contributed by atoms with E-state index >= 15 is 0 Å². The molecule has 0 spiro atoms. The summed E-state index contributed by atoms with van der Waals surface area (Å²) in [6.07, 6.45) is 3.42. The third-order valence-electron chi connectivity index (χ3n) is 1.74. The van der Waals surface area contributed by atoms with Crippen LogP contribution in [0.15, 0.2) is 12.4 Å². The Morgan fingerprint density at radius 3 is 2.60 bits per heavy atom. The van der Waals surface area contributed by atoms with Crippen LogP contribution in [0.2, 0.25) is 5.02 Å². The average molecular weight is 229 g/mol. The maximum atomic E-state index is 11.2. The molecule has 0 aromatic carbocycles. The van der Waals surface area contributed by atoms with Crippen LogP contribution in [0, 0.1) is 0 Å². The number of rotatable bonds is 4. The summed E-state index contributed by atoms with van der Waals surface area (Å²) < 4.78 is 0. The Bertz CT molecular complexity index is 325. The number of nitrogens with zero attached hydrogens (tertiary/aromatic N) is 3. The van der Waals surface area contributed by atoms with Gasteiger partial charge in [-0.15, -0.1) is 0 Å². The van der Waals surface area contributed by atoms with E-state index in [1.165, 1.54) is 12.4 Å². The number of halogens is 1. The summed E-state index contributed by atoms with van der Waals surface area (Å²) in [7, 11) is 3.45. The molecule has 0 atom stereocenters. The highest BCUT2D eigenvalue weighted by atomic mass is 35.5. The normalized spacial score (nSPS) is 9.80. The van der Waals surface area contributed by atoms with Crippen LogP contribution in [0.25, 0.3) is 0 Å². The number of hydrogen-bond donors (Lipinski definition) is 1. The van der Waals surface area contributed by atoms with E-state index in [0.717, 1.165) is 0 Å². The predicted octanol–water partition coefficient (Wildman–Crippen LogP) is 1.02. The van der Waals surface area contributed by atoms with Gasteiger partial charge in [-0.05, 0) is 0 Å². The molecule has 1 amide bonds. The molecule has 0 saturated carbocycles. The van der Waals surface area contributed by atoms with Gasteiger partial charge in [-0.2, -0.15) is 0 Å². The van der Waals surface area contributed by atoms with Gasteiger partial charge in [0.2, 0.25) is 11.9 Å². The highest BCUT2D eigenvalue weighted by molar-refractivity contribution is 6.30. The third kappa shape index (κ3) is 4.12. The van der Waals surface area contributed by atoms with Crippen molar-refractivity contribution in [3.05, 3.63) is 17.4 Å². The van der Waals surface area contributed by atoms with Crippen molar-refractivity contribution >= 4 is 23.5 Å². The van der Waals surface area contributed by atoms with Crippen molar-refractivity contribution in [2.45, 2.75) is 6.42 Å². The highest BCUT2D eigenvalue weighted by Gasteiger charge is 2.03. The first-order chi connectivity index (χ1) is 7.09. The van der Waals surface area contributed by atoms with Crippen molar-refractivity contribution in [2.75, 3.05) is 26.0 Å². The minimum absolute atomic E-state index is 0.0662. The van der Waals surface area contributed by atoms with Gasteiger partial charge in [-0.25, -0.2) is 9.97 Å². The van der Waals surface area contributed by atoms with E-state index in [9.17, 15) is 4.79 Å². The number of anilines is 1. The van der Waals surface area contributed by atoms with Gasteiger partial charge in [0.25, 0.3) is 0 Å². The molecule has 0 bridgehead atoms. The molecule has 0 radical (unpaired) electrons. The molecule has 1 aromatic heterocycles. The minimum atomic E-state index is 0.0662. The molecule has 0 aliphatic heterocycles. The second-order valence-corrected chi connectivity index (χ2v) is 3.63. The van der Waals surface area contributed by atoms with Crippen LogP contribution in [0.5, 0.6) is 0 Å². The van der Waals surface area contributed by atoms with Gasteiger partial charge in [-0.3, -0.25) is 4.79 Å². The van der Waals surface area contributed by atoms with E-state index in [1.807, 2.05) is 0 Å². The Balaban J connectivity index is 2.32. The van der Waals surface area contributed by atoms with Crippen molar-refractivity contribution in [1.29, 1.82) is 0 Å². The maximum Gasteiger partial charge on any atom is 0.223 e. The van der Waals surface area contributed by atoms with Gasteiger partial charge in [-0.1, -0.05) is 11.6 Å². The van der Waals surface area contributed by atoms with E-state index in [0.29, 0.717) is 23.9 Å². The van der Waals surface area contributed by atoms with Crippen LogP contribution in [-0.4, -0.2) is 41.4 Å². The Morgan fingerprint density at radius 1 is 1.47 bits per heavy atom. The molecule has 0 saturated heterocycles. The first kappa shape index (κ1) is 11.7. The molecule has 0 fully saturated rings. The molecular weight excluding hydrogens is 216 g/mol. The summed E-state index contributed by atoms with van der Waals surface area (Å²) in [6, 6.07) is 0. The maximum absolute atomic E-state index is 11.2.